The van der Waals surface area contributed by atoms with E-state index in [1.54, 1.807) is 12.5 Å². The molecule has 6 rings (SSSR count). The van der Waals surface area contributed by atoms with Crippen LogP contribution in [0, 0.1) is 28.6 Å². The lowest BCUT2D eigenvalue weighted by Crippen LogP contribution is -2.63. The van der Waals surface area contributed by atoms with E-state index in [1.807, 2.05) is 13.0 Å². The Labute approximate surface area is 157 Å². The van der Waals surface area contributed by atoms with Crippen LogP contribution in [0.15, 0.2) is 23.0 Å². The van der Waals surface area contributed by atoms with Crippen LogP contribution >= 0.6 is 0 Å². The summed E-state index contributed by atoms with van der Waals surface area (Å²) in [5.74, 6) is -0.327. The molecule has 2 aliphatic carbocycles. The van der Waals surface area contributed by atoms with Crippen molar-refractivity contribution in [2.75, 3.05) is 6.61 Å². The Balaban J connectivity index is 1.47. The molecule has 3 aliphatic heterocycles. The van der Waals surface area contributed by atoms with Crippen LogP contribution in [0.5, 0.6) is 0 Å². The summed E-state index contributed by atoms with van der Waals surface area (Å²) >= 11 is 0. The molecule has 0 N–H and O–H groups in total. The van der Waals surface area contributed by atoms with Gasteiger partial charge in [-0.25, -0.2) is 0 Å². The Morgan fingerprint density at radius 2 is 2.00 bits per heavy atom. The zero-order chi connectivity index (χ0) is 18.6. The maximum Gasteiger partial charge on any atom is 0.310 e. The number of cyclic esters (lactones) is 2. The number of furan rings is 1. The molecular weight excluding hydrogens is 348 g/mol. The second-order valence-electron chi connectivity index (χ2n) is 9.68. The van der Waals surface area contributed by atoms with Crippen molar-refractivity contribution in [1.29, 1.82) is 0 Å². The Bertz CT molecular complexity index is 832. The van der Waals surface area contributed by atoms with E-state index in [0.717, 1.165) is 24.8 Å². The minimum absolute atomic E-state index is 0.0769. The van der Waals surface area contributed by atoms with Gasteiger partial charge < -0.3 is 18.6 Å². The summed E-state index contributed by atoms with van der Waals surface area (Å²) in [5.41, 5.74) is -0.343. The topological polar surface area (TPSA) is 78.3 Å². The molecule has 1 aromatic heterocycles. The van der Waals surface area contributed by atoms with E-state index in [-0.39, 0.29) is 52.7 Å². The van der Waals surface area contributed by atoms with Gasteiger partial charge in [0.25, 0.3) is 0 Å². The van der Waals surface area contributed by atoms with Gasteiger partial charge in [-0.2, -0.15) is 0 Å². The fraction of sp³-hybridized carbons (Fsp3) is 0.714. The third-order valence-electron chi connectivity index (χ3n) is 8.36. The molecule has 5 fully saturated rings. The molecule has 5 aliphatic rings. The van der Waals surface area contributed by atoms with Gasteiger partial charge in [0.15, 0.2) is 0 Å². The van der Waals surface area contributed by atoms with Gasteiger partial charge >= 0.3 is 11.9 Å². The molecule has 27 heavy (non-hydrogen) atoms. The van der Waals surface area contributed by atoms with E-state index in [0.29, 0.717) is 13.0 Å². The number of hydrogen-bond donors (Lipinski definition) is 0. The number of fused-ring (bicyclic) bond motifs is 4. The Kier molecular flexibility index (Phi) is 2.86. The van der Waals surface area contributed by atoms with Crippen LogP contribution in [0.25, 0.3) is 0 Å². The second-order valence-corrected chi connectivity index (χ2v) is 9.68. The summed E-state index contributed by atoms with van der Waals surface area (Å²) in [5, 5.41) is 0. The second kappa shape index (κ2) is 4.77. The first-order chi connectivity index (χ1) is 12.9. The highest BCUT2D eigenvalue weighted by Gasteiger charge is 2.75. The van der Waals surface area contributed by atoms with Crippen LogP contribution < -0.4 is 0 Å². The monoisotopic (exact) mass is 372 g/mol. The number of epoxide rings is 1. The van der Waals surface area contributed by atoms with Gasteiger partial charge in [-0.3, -0.25) is 9.59 Å². The number of carbonyl (C=O) groups is 2. The number of rotatable bonds is 1. The lowest BCUT2D eigenvalue weighted by molar-refractivity contribution is -0.217. The van der Waals surface area contributed by atoms with E-state index in [9.17, 15) is 9.59 Å². The molecule has 0 amide bonds. The van der Waals surface area contributed by atoms with Crippen molar-refractivity contribution in [1.82, 2.24) is 0 Å². The first-order valence-corrected chi connectivity index (χ1v) is 9.95. The summed E-state index contributed by atoms with van der Waals surface area (Å²) in [4.78, 5) is 25.6. The van der Waals surface area contributed by atoms with Crippen LogP contribution in [0.3, 0.4) is 0 Å². The Morgan fingerprint density at radius 3 is 2.78 bits per heavy atom. The highest BCUT2D eigenvalue weighted by Crippen LogP contribution is 2.71. The minimum Gasteiger partial charge on any atom is -0.472 e. The van der Waals surface area contributed by atoms with Crippen LogP contribution in [0.4, 0.5) is 0 Å². The van der Waals surface area contributed by atoms with Crippen molar-refractivity contribution in [3.05, 3.63) is 24.2 Å². The summed E-state index contributed by atoms with van der Waals surface area (Å²) in [7, 11) is 0. The molecule has 4 heterocycles. The average molecular weight is 372 g/mol. The van der Waals surface area contributed by atoms with Crippen molar-refractivity contribution in [3.8, 4) is 0 Å². The highest BCUT2D eigenvalue weighted by molar-refractivity contribution is 5.78. The summed E-state index contributed by atoms with van der Waals surface area (Å²) in [6.45, 7) is 4.65. The van der Waals surface area contributed by atoms with Crippen molar-refractivity contribution < 1.29 is 28.2 Å². The van der Waals surface area contributed by atoms with Gasteiger partial charge in [0.1, 0.15) is 5.60 Å². The van der Waals surface area contributed by atoms with Gasteiger partial charge in [0.2, 0.25) is 0 Å². The number of hydrogen-bond acceptors (Lipinski definition) is 6. The molecule has 6 heteroatoms. The van der Waals surface area contributed by atoms with Crippen molar-refractivity contribution in [2.24, 2.45) is 28.6 Å². The molecule has 1 spiro atoms. The molecule has 8 atom stereocenters. The maximum absolute atomic E-state index is 13.1. The number of ether oxygens (including phenoxy) is 3. The Hall–Kier alpha value is -1.82. The fourth-order valence-corrected chi connectivity index (χ4v) is 7.27. The van der Waals surface area contributed by atoms with E-state index in [4.69, 9.17) is 18.6 Å². The summed E-state index contributed by atoms with van der Waals surface area (Å²) in [6.07, 6.45) is 6.59. The molecule has 0 aromatic carbocycles. The SMILES string of the molecule is CC1(c2ccoc2)CC2(C)C(CCC34COC(=O)C3CC3OC3C24)C(=O)O1. The highest BCUT2D eigenvalue weighted by atomic mass is 16.6. The first-order valence-electron chi connectivity index (χ1n) is 9.95. The van der Waals surface area contributed by atoms with Crippen LogP contribution in [-0.2, 0) is 29.4 Å². The van der Waals surface area contributed by atoms with Gasteiger partial charge in [-0.05, 0) is 44.1 Å². The van der Waals surface area contributed by atoms with E-state index >= 15 is 0 Å². The number of carbonyl (C=O) groups excluding carboxylic acids is 2. The van der Waals surface area contributed by atoms with Gasteiger partial charge in [-0.15, -0.1) is 0 Å². The molecule has 6 nitrogen and oxygen atoms in total. The molecule has 0 bridgehead atoms. The quantitative estimate of drug-likeness (QED) is 0.557. The number of esters is 2. The Morgan fingerprint density at radius 1 is 1.15 bits per heavy atom. The summed E-state index contributed by atoms with van der Waals surface area (Å²) in [6, 6.07) is 1.87. The molecule has 8 unspecified atom stereocenters. The maximum atomic E-state index is 13.1. The largest absolute Gasteiger partial charge is 0.472 e. The molecule has 0 radical (unpaired) electrons. The molecule has 2 saturated carbocycles. The normalized spacial score (nSPS) is 52.7. The molecule has 3 saturated heterocycles. The standard InChI is InChI=1S/C21H24O6/c1-19-9-20(2,11-4-6-24-8-11)27-18(23)12(19)3-5-21-10-25-17(22)13(21)7-14-15(26-14)16(19)21/h4,6,8,12-16H,3,5,7,9-10H2,1-2H3. The summed E-state index contributed by atoms with van der Waals surface area (Å²) < 4.78 is 22.9. The predicted octanol–water partition coefficient (Wildman–Crippen LogP) is 2.80. The van der Waals surface area contributed by atoms with Gasteiger partial charge in [-0.1, -0.05) is 6.92 Å². The van der Waals surface area contributed by atoms with Crippen molar-refractivity contribution in [2.45, 2.75) is 57.3 Å². The van der Waals surface area contributed by atoms with Crippen LogP contribution in [0.1, 0.15) is 45.1 Å². The average Bonchev–Trinajstić information content (AvgIpc) is 3.01. The van der Waals surface area contributed by atoms with E-state index in [2.05, 4.69) is 6.92 Å². The van der Waals surface area contributed by atoms with Crippen molar-refractivity contribution in [3.63, 3.8) is 0 Å². The molecule has 144 valence electrons. The van der Waals surface area contributed by atoms with Gasteiger partial charge in [0.05, 0.1) is 43.2 Å². The third kappa shape index (κ3) is 1.85. The molecule has 1 aromatic rings. The zero-order valence-electron chi connectivity index (χ0n) is 15.6. The smallest absolute Gasteiger partial charge is 0.310 e. The minimum atomic E-state index is -0.728. The van der Waals surface area contributed by atoms with E-state index < -0.39 is 5.60 Å². The van der Waals surface area contributed by atoms with Crippen molar-refractivity contribution >= 4 is 11.9 Å². The van der Waals surface area contributed by atoms with E-state index in [1.165, 1.54) is 0 Å². The van der Waals surface area contributed by atoms with Crippen LogP contribution in [-0.4, -0.2) is 30.8 Å². The predicted molar refractivity (Wildman–Crippen MR) is 91.3 cm³/mol. The first kappa shape index (κ1) is 16.2. The van der Waals surface area contributed by atoms with Crippen LogP contribution in [0.2, 0.25) is 0 Å². The lowest BCUT2D eigenvalue weighted by Gasteiger charge is -2.60. The lowest BCUT2D eigenvalue weighted by atomic mass is 9.43. The van der Waals surface area contributed by atoms with Gasteiger partial charge in [0, 0.05) is 16.9 Å². The zero-order valence-corrected chi connectivity index (χ0v) is 15.6. The fourth-order valence-electron chi connectivity index (χ4n) is 7.27. The molecular formula is C21H24O6. The third-order valence-corrected chi connectivity index (χ3v) is 8.36.